The van der Waals surface area contributed by atoms with Crippen LogP contribution in [0.1, 0.15) is 31.0 Å². The Hall–Kier alpha value is -0.840. The van der Waals surface area contributed by atoms with Crippen LogP contribution in [0.15, 0.2) is 12.3 Å². The third-order valence-corrected chi connectivity index (χ3v) is 4.40. The molecule has 1 fully saturated rings. The maximum atomic E-state index is 6.28. The van der Waals surface area contributed by atoms with Crippen LogP contribution in [0.2, 0.25) is 5.02 Å². The summed E-state index contributed by atoms with van der Waals surface area (Å²) in [6, 6.07) is 2.38. The highest BCUT2D eigenvalue weighted by atomic mass is 35.5. The van der Waals surface area contributed by atoms with Gasteiger partial charge in [0, 0.05) is 18.8 Å². The third-order valence-electron chi connectivity index (χ3n) is 4.00. The van der Waals surface area contributed by atoms with Gasteiger partial charge < -0.3 is 9.47 Å². The van der Waals surface area contributed by atoms with Crippen molar-refractivity contribution in [2.24, 2.45) is 0 Å². The Morgan fingerprint density at radius 2 is 2.30 bits per heavy atom. The normalized spacial score (nSPS) is 21.7. The Morgan fingerprint density at radius 3 is 2.95 bits per heavy atom. The number of fused-ring (bicyclic) bond motifs is 1. The molecular weight excluding hydrogens is 295 g/mol. The Morgan fingerprint density at radius 1 is 1.50 bits per heavy atom. The lowest BCUT2D eigenvalue weighted by Gasteiger charge is -2.21. The molecule has 1 aliphatic heterocycles. The van der Waals surface area contributed by atoms with Crippen molar-refractivity contribution in [2.45, 2.75) is 37.7 Å². The third kappa shape index (κ3) is 2.52. The van der Waals surface area contributed by atoms with E-state index in [1.54, 1.807) is 6.20 Å². The number of pyridine rings is 1. The minimum atomic E-state index is -0.144. The van der Waals surface area contributed by atoms with Gasteiger partial charge in [0.05, 0.1) is 10.4 Å². The summed E-state index contributed by atoms with van der Waals surface area (Å²) in [5.74, 6) is 0.872. The van der Waals surface area contributed by atoms with Crippen LogP contribution in [-0.2, 0) is 6.54 Å². The summed E-state index contributed by atoms with van der Waals surface area (Å²) in [4.78, 5) is 11.4. The Balaban J connectivity index is 2.04. The molecule has 2 unspecified atom stereocenters. The van der Waals surface area contributed by atoms with Gasteiger partial charge in [0.15, 0.2) is 5.65 Å². The molecule has 4 nitrogen and oxygen atoms in total. The van der Waals surface area contributed by atoms with Crippen molar-refractivity contribution in [1.82, 2.24) is 19.4 Å². The van der Waals surface area contributed by atoms with Gasteiger partial charge in [-0.05, 0) is 39.4 Å². The number of hydrogen-bond donors (Lipinski definition) is 0. The Labute approximate surface area is 128 Å². The van der Waals surface area contributed by atoms with Gasteiger partial charge in [-0.15, -0.1) is 11.6 Å². The summed E-state index contributed by atoms with van der Waals surface area (Å²) in [5, 5.41) is 0.462. The number of likely N-dealkylation sites (N-methyl/N-ethyl adjacent to an activating group) is 1. The number of rotatable bonds is 3. The Kier molecular flexibility index (Phi) is 3.89. The van der Waals surface area contributed by atoms with E-state index in [-0.39, 0.29) is 5.38 Å². The Bertz CT molecular complexity index is 623. The first-order valence-corrected chi connectivity index (χ1v) is 7.73. The zero-order valence-corrected chi connectivity index (χ0v) is 13.2. The summed E-state index contributed by atoms with van der Waals surface area (Å²) in [7, 11) is 2.17. The van der Waals surface area contributed by atoms with E-state index in [0.717, 1.165) is 30.1 Å². The van der Waals surface area contributed by atoms with Crippen molar-refractivity contribution in [3.05, 3.63) is 23.1 Å². The first-order valence-electron chi connectivity index (χ1n) is 6.92. The van der Waals surface area contributed by atoms with Gasteiger partial charge in [-0.2, -0.15) is 0 Å². The van der Waals surface area contributed by atoms with E-state index in [0.29, 0.717) is 11.1 Å². The van der Waals surface area contributed by atoms with E-state index in [2.05, 4.69) is 26.5 Å². The molecule has 20 heavy (non-hydrogen) atoms. The molecule has 0 aromatic carbocycles. The SMILES string of the molecule is CC(Cl)c1nc2cc(Cl)cnc2n1CC1CCCN1C. The molecule has 0 bridgehead atoms. The number of aromatic nitrogens is 3. The molecule has 0 spiro atoms. The van der Waals surface area contributed by atoms with E-state index in [1.165, 1.54) is 12.8 Å². The number of halogens is 2. The van der Waals surface area contributed by atoms with Gasteiger partial charge in [0.2, 0.25) is 0 Å². The summed E-state index contributed by atoms with van der Waals surface area (Å²) in [6.07, 6.45) is 4.13. The molecule has 0 saturated carbocycles. The van der Waals surface area contributed by atoms with Crippen molar-refractivity contribution in [3.63, 3.8) is 0 Å². The van der Waals surface area contributed by atoms with Crippen molar-refractivity contribution >= 4 is 34.4 Å². The minimum absolute atomic E-state index is 0.144. The second-order valence-electron chi connectivity index (χ2n) is 5.47. The molecule has 2 aromatic rings. The minimum Gasteiger partial charge on any atom is -0.310 e. The van der Waals surface area contributed by atoms with Gasteiger partial charge in [-0.1, -0.05) is 11.6 Å². The van der Waals surface area contributed by atoms with Crippen molar-refractivity contribution in [2.75, 3.05) is 13.6 Å². The van der Waals surface area contributed by atoms with E-state index >= 15 is 0 Å². The second kappa shape index (κ2) is 5.51. The topological polar surface area (TPSA) is 34.0 Å². The highest BCUT2D eigenvalue weighted by Gasteiger charge is 2.24. The summed E-state index contributed by atoms with van der Waals surface area (Å²) in [6.45, 7) is 3.98. The molecule has 6 heteroatoms. The molecule has 0 aliphatic carbocycles. The van der Waals surface area contributed by atoms with Crippen LogP contribution < -0.4 is 0 Å². The van der Waals surface area contributed by atoms with Crippen LogP contribution in [0.4, 0.5) is 0 Å². The van der Waals surface area contributed by atoms with Crippen molar-refractivity contribution < 1.29 is 0 Å². The van der Waals surface area contributed by atoms with Crippen LogP contribution in [0.5, 0.6) is 0 Å². The molecule has 2 aromatic heterocycles. The average Bonchev–Trinajstić information content (AvgIpc) is 2.95. The first kappa shape index (κ1) is 14.1. The highest BCUT2D eigenvalue weighted by molar-refractivity contribution is 6.31. The largest absolute Gasteiger partial charge is 0.310 e. The monoisotopic (exact) mass is 312 g/mol. The smallest absolute Gasteiger partial charge is 0.160 e. The number of nitrogens with zero attached hydrogens (tertiary/aromatic N) is 4. The molecular formula is C14H18Cl2N4. The van der Waals surface area contributed by atoms with Gasteiger partial charge in [0.1, 0.15) is 11.3 Å². The zero-order valence-electron chi connectivity index (χ0n) is 11.7. The lowest BCUT2D eigenvalue weighted by atomic mass is 10.2. The quantitative estimate of drug-likeness (QED) is 0.814. The number of hydrogen-bond acceptors (Lipinski definition) is 3. The van der Waals surface area contributed by atoms with E-state index in [9.17, 15) is 0 Å². The van der Waals surface area contributed by atoms with Crippen LogP contribution >= 0.6 is 23.2 Å². The zero-order chi connectivity index (χ0) is 14.3. The molecule has 0 amide bonds. The van der Waals surface area contributed by atoms with Gasteiger partial charge in [-0.3, -0.25) is 0 Å². The molecule has 3 rings (SSSR count). The molecule has 0 radical (unpaired) electrons. The number of imidazole rings is 1. The molecule has 2 atom stereocenters. The summed E-state index contributed by atoms with van der Waals surface area (Å²) >= 11 is 12.3. The van der Waals surface area contributed by atoms with E-state index < -0.39 is 0 Å². The van der Waals surface area contributed by atoms with Crippen molar-refractivity contribution in [1.29, 1.82) is 0 Å². The van der Waals surface area contributed by atoms with Gasteiger partial charge in [0.25, 0.3) is 0 Å². The predicted molar refractivity (Wildman–Crippen MR) is 82.5 cm³/mol. The van der Waals surface area contributed by atoms with Crippen LogP contribution in [0, 0.1) is 0 Å². The fourth-order valence-electron chi connectivity index (χ4n) is 2.91. The standard InChI is InChI=1S/C14H18Cl2N4/c1-9(15)13-18-12-6-10(16)7-17-14(12)20(13)8-11-4-3-5-19(11)2/h6-7,9,11H,3-5,8H2,1-2H3. The molecule has 108 valence electrons. The lowest BCUT2D eigenvalue weighted by Crippen LogP contribution is -2.30. The predicted octanol–water partition coefficient (Wildman–Crippen LogP) is 3.48. The molecule has 0 N–H and O–H groups in total. The van der Waals surface area contributed by atoms with Crippen molar-refractivity contribution in [3.8, 4) is 0 Å². The average molecular weight is 313 g/mol. The summed E-state index contributed by atoms with van der Waals surface area (Å²) in [5.41, 5.74) is 1.69. The van der Waals surface area contributed by atoms with E-state index in [4.69, 9.17) is 23.2 Å². The molecule has 1 saturated heterocycles. The van der Waals surface area contributed by atoms with E-state index in [1.807, 2.05) is 13.0 Å². The van der Waals surface area contributed by atoms with Crippen LogP contribution in [-0.4, -0.2) is 39.1 Å². The summed E-state index contributed by atoms with van der Waals surface area (Å²) < 4.78 is 2.15. The second-order valence-corrected chi connectivity index (χ2v) is 6.56. The molecule has 3 heterocycles. The van der Waals surface area contributed by atoms with Gasteiger partial charge >= 0.3 is 0 Å². The maximum Gasteiger partial charge on any atom is 0.160 e. The molecule has 1 aliphatic rings. The fraction of sp³-hybridized carbons (Fsp3) is 0.571. The number of likely N-dealkylation sites (tertiary alicyclic amines) is 1. The van der Waals surface area contributed by atoms with Gasteiger partial charge in [-0.25, -0.2) is 9.97 Å². The fourth-order valence-corrected chi connectivity index (χ4v) is 3.23. The maximum absolute atomic E-state index is 6.28. The highest BCUT2D eigenvalue weighted by Crippen LogP contribution is 2.27. The lowest BCUT2D eigenvalue weighted by molar-refractivity contribution is 0.282. The van der Waals surface area contributed by atoms with Crippen LogP contribution in [0.3, 0.4) is 0 Å². The number of alkyl halides is 1. The first-order chi connectivity index (χ1) is 9.56. The van der Waals surface area contributed by atoms with Crippen LogP contribution in [0.25, 0.3) is 11.2 Å².